The number of hydrogen-bond donors (Lipinski definition) is 2. The van der Waals surface area contributed by atoms with Gasteiger partial charge in [0.05, 0.1) is 0 Å². The molecule has 0 aliphatic rings. The van der Waals surface area contributed by atoms with E-state index in [-0.39, 0.29) is 31.0 Å². The van der Waals surface area contributed by atoms with Gasteiger partial charge in [0, 0.05) is 0 Å². The molecule has 0 aromatic heterocycles. The van der Waals surface area contributed by atoms with E-state index < -0.39 is 11.4 Å². The zero-order chi connectivity index (χ0) is 9.40. The van der Waals surface area contributed by atoms with Crippen LogP contribution in [0.15, 0.2) is 36.9 Å². The smallest absolute Gasteiger partial charge is 1.00 e. The van der Waals surface area contributed by atoms with Crippen molar-refractivity contribution in [1.29, 1.82) is 0 Å². The summed E-state index contributed by atoms with van der Waals surface area (Å²) in [7, 11) is 0. The zero-order valence-corrected chi connectivity index (χ0v) is 10.2. The number of hydrogen-bond acceptors (Lipinski definition) is 1. The van der Waals surface area contributed by atoms with Crippen molar-refractivity contribution in [3.8, 4) is 0 Å². The Labute approximate surface area is 104 Å². The predicted octanol–water partition coefficient (Wildman–Crippen LogP) is -0.873. The van der Waals surface area contributed by atoms with Gasteiger partial charge in [-0.2, -0.15) is 4.21 Å². The molecule has 2 N–H and O–H groups in total. The van der Waals surface area contributed by atoms with E-state index in [2.05, 4.69) is 6.58 Å². The molecular formula is C8H11NaO3S. The molecule has 0 amide bonds. The Morgan fingerprint density at radius 3 is 1.92 bits per heavy atom. The summed E-state index contributed by atoms with van der Waals surface area (Å²) in [5.74, 6) is 0. The summed E-state index contributed by atoms with van der Waals surface area (Å²) in [4.78, 5) is 0. The Bertz CT molecular complexity index is 252. The Hall–Kier alpha value is 0.0300. The molecule has 0 aliphatic carbocycles. The van der Waals surface area contributed by atoms with E-state index in [1.165, 1.54) is 5.56 Å². The quantitative estimate of drug-likeness (QED) is 0.468. The molecule has 5 heteroatoms. The standard InChI is InChI=1S/C8H8.Na.H2O3S.H/c1-2-8-6-4-3-5-7-8;;1-4(2)3;/h2-7H,1H2;;(H2,1,2,3);/q;+1;;-1. The summed E-state index contributed by atoms with van der Waals surface area (Å²) in [6, 6.07) is 10.0. The molecule has 1 rings (SSSR count). The van der Waals surface area contributed by atoms with Crippen LogP contribution in [0.25, 0.3) is 6.08 Å². The molecule has 0 unspecified atom stereocenters. The van der Waals surface area contributed by atoms with Gasteiger partial charge >= 0.3 is 29.6 Å². The third-order valence-electron chi connectivity index (χ3n) is 1.04. The largest absolute Gasteiger partial charge is 1.00 e. The van der Waals surface area contributed by atoms with Crippen molar-refractivity contribution in [2.75, 3.05) is 0 Å². The van der Waals surface area contributed by atoms with Gasteiger partial charge in [0.2, 0.25) is 0 Å². The average molecular weight is 210 g/mol. The molecule has 1 aromatic carbocycles. The first kappa shape index (κ1) is 15.5. The fraction of sp³-hybridized carbons (Fsp3) is 0. The van der Waals surface area contributed by atoms with Gasteiger partial charge in [-0.1, -0.05) is 43.0 Å². The topological polar surface area (TPSA) is 57.5 Å². The van der Waals surface area contributed by atoms with Gasteiger partial charge in [-0.05, 0) is 5.56 Å². The minimum atomic E-state index is -2.61. The fourth-order valence-corrected chi connectivity index (χ4v) is 0.589. The molecule has 0 atom stereocenters. The minimum absolute atomic E-state index is 0. The SMILES string of the molecule is C=Cc1ccccc1.O=S(O)O.[H-].[Na+]. The van der Waals surface area contributed by atoms with Gasteiger partial charge in [-0.15, -0.1) is 0 Å². The number of rotatable bonds is 1. The molecule has 13 heavy (non-hydrogen) atoms. The van der Waals surface area contributed by atoms with E-state index in [0.29, 0.717) is 0 Å². The second kappa shape index (κ2) is 10.1. The Kier molecular flexibility index (Phi) is 12.1. The van der Waals surface area contributed by atoms with Crippen LogP contribution in [0.5, 0.6) is 0 Å². The minimum Gasteiger partial charge on any atom is -1.00 e. The average Bonchev–Trinajstić information content (AvgIpc) is 2.05. The van der Waals surface area contributed by atoms with Crippen molar-refractivity contribution < 1.29 is 44.3 Å². The molecular weight excluding hydrogens is 199 g/mol. The zero-order valence-electron chi connectivity index (χ0n) is 8.38. The van der Waals surface area contributed by atoms with Crippen LogP contribution in [0, 0.1) is 0 Å². The Morgan fingerprint density at radius 2 is 1.69 bits per heavy atom. The summed E-state index contributed by atoms with van der Waals surface area (Å²) in [5, 5.41) is 0. The maximum atomic E-state index is 8.67. The maximum absolute atomic E-state index is 8.67. The summed E-state index contributed by atoms with van der Waals surface area (Å²) in [6.45, 7) is 3.63. The predicted molar refractivity (Wildman–Crippen MR) is 51.0 cm³/mol. The van der Waals surface area contributed by atoms with Crippen LogP contribution in [0.4, 0.5) is 0 Å². The summed E-state index contributed by atoms with van der Waals surface area (Å²) in [6.07, 6.45) is 1.83. The second-order valence-electron chi connectivity index (χ2n) is 1.85. The monoisotopic (exact) mass is 210 g/mol. The molecule has 0 spiro atoms. The van der Waals surface area contributed by atoms with E-state index in [1.54, 1.807) is 0 Å². The van der Waals surface area contributed by atoms with Crippen molar-refractivity contribution in [3.05, 3.63) is 42.5 Å². The molecule has 0 heterocycles. The number of benzene rings is 1. The van der Waals surface area contributed by atoms with E-state index in [9.17, 15) is 0 Å². The summed E-state index contributed by atoms with van der Waals surface area (Å²) < 4.78 is 22.8. The van der Waals surface area contributed by atoms with E-state index in [0.717, 1.165) is 0 Å². The van der Waals surface area contributed by atoms with Gasteiger partial charge in [-0.25, -0.2) is 0 Å². The van der Waals surface area contributed by atoms with E-state index in [4.69, 9.17) is 13.3 Å². The molecule has 0 aliphatic heterocycles. The van der Waals surface area contributed by atoms with Crippen LogP contribution in [0.2, 0.25) is 0 Å². The van der Waals surface area contributed by atoms with Gasteiger partial charge in [0.25, 0.3) is 11.4 Å². The van der Waals surface area contributed by atoms with E-state index >= 15 is 0 Å². The fourth-order valence-electron chi connectivity index (χ4n) is 0.589. The first-order chi connectivity index (χ1) is 5.66. The molecule has 3 nitrogen and oxygen atoms in total. The Morgan fingerprint density at radius 1 is 1.31 bits per heavy atom. The van der Waals surface area contributed by atoms with Gasteiger partial charge in [0.15, 0.2) is 0 Å². The van der Waals surface area contributed by atoms with Gasteiger partial charge in [0.1, 0.15) is 0 Å². The van der Waals surface area contributed by atoms with Crippen LogP contribution in [0.3, 0.4) is 0 Å². The molecule has 0 radical (unpaired) electrons. The summed E-state index contributed by atoms with van der Waals surface area (Å²) in [5.41, 5.74) is 1.17. The van der Waals surface area contributed by atoms with Crippen molar-refractivity contribution in [2.24, 2.45) is 0 Å². The van der Waals surface area contributed by atoms with Crippen LogP contribution in [-0.4, -0.2) is 13.3 Å². The summed E-state index contributed by atoms with van der Waals surface area (Å²) >= 11 is -2.61. The molecule has 68 valence electrons. The van der Waals surface area contributed by atoms with Crippen molar-refractivity contribution in [3.63, 3.8) is 0 Å². The molecule has 0 saturated carbocycles. The normalized spacial score (nSPS) is 7.92. The van der Waals surface area contributed by atoms with Gasteiger partial charge < -0.3 is 1.43 Å². The van der Waals surface area contributed by atoms with Crippen molar-refractivity contribution in [2.45, 2.75) is 0 Å². The van der Waals surface area contributed by atoms with Gasteiger partial charge in [-0.3, -0.25) is 9.11 Å². The van der Waals surface area contributed by atoms with Crippen LogP contribution in [-0.2, 0) is 11.4 Å². The maximum Gasteiger partial charge on any atom is 1.00 e. The third-order valence-corrected chi connectivity index (χ3v) is 1.04. The molecule has 0 saturated heterocycles. The van der Waals surface area contributed by atoms with Crippen molar-refractivity contribution >= 4 is 17.4 Å². The Balaban J connectivity index is -0.000000180. The van der Waals surface area contributed by atoms with Crippen LogP contribution < -0.4 is 29.6 Å². The van der Waals surface area contributed by atoms with E-state index in [1.807, 2.05) is 36.4 Å². The first-order valence-corrected chi connectivity index (χ1v) is 4.20. The first-order valence-electron chi connectivity index (χ1n) is 3.14. The van der Waals surface area contributed by atoms with Crippen molar-refractivity contribution in [1.82, 2.24) is 0 Å². The third kappa shape index (κ3) is 12.0. The molecule has 0 bridgehead atoms. The second-order valence-corrected chi connectivity index (χ2v) is 2.31. The van der Waals surface area contributed by atoms with Crippen LogP contribution >= 0.6 is 0 Å². The molecule has 1 aromatic rings. The molecule has 0 fully saturated rings. The van der Waals surface area contributed by atoms with Crippen LogP contribution in [0.1, 0.15) is 6.99 Å².